The lowest BCUT2D eigenvalue weighted by Crippen LogP contribution is -2.21. The monoisotopic (exact) mass is 253 g/mol. The van der Waals surface area contributed by atoms with Crippen LogP contribution < -0.4 is 0 Å². The molecule has 1 aromatic carbocycles. The van der Waals surface area contributed by atoms with Gasteiger partial charge in [0.15, 0.2) is 0 Å². The van der Waals surface area contributed by atoms with Crippen molar-refractivity contribution in [3.05, 3.63) is 34.4 Å². The van der Waals surface area contributed by atoms with E-state index in [4.69, 9.17) is 0 Å². The normalized spacial score (nSPS) is 11.2. The Morgan fingerprint density at radius 3 is 2.47 bits per heavy atom. The summed E-state index contributed by atoms with van der Waals surface area (Å²) in [4.78, 5) is 22.6. The third-order valence-electron chi connectivity index (χ3n) is 2.26. The van der Waals surface area contributed by atoms with E-state index in [1.165, 1.54) is 17.8 Å². The van der Waals surface area contributed by atoms with E-state index in [1.807, 2.05) is 20.8 Å². The second-order valence-corrected chi connectivity index (χ2v) is 5.70. The summed E-state index contributed by atoms with van der Waals surface area (Å²) in [6.45, 7) is 5.53. The average Bonchev–Trinajstić information content (AvgIpc) is 2.24. The lowest BCUT2D eigenvalue weighted by Gasteiger charge is -2.15. The summed E-state index contributed by atoms with van der Waals surface area (Å²) in [5.74, 6) is 0.342. The maximum atomic E-state index is 11.7. The standard InChI is InChI=1S/C12H15NO3S/c1-12(2,3)11(14)8-17-10-7-5-4-6-9(10)13(15)16/h4-7H,8H2,1-3H3. The van der Waals surface area contributed by atoms with E-state index in [0.717, 1.165) is 0 Å². The van der Waals surface area contributed by atoms with Gasteiger partial charge in [-0.15, -0.1) is 11.8 Å². The molecule has 5 heteroatoms. The van der Waals surface area contributed by atoms with Gasteiger partial charge in [0.2, 0.25) is 0 Å². The number of carbonyl (C=O) groups excluding carboxylic acids is 1. The Balaban J connectivity index is 2.77. The minimum absolute atomic E-state index is 0.0548. The molecule has 0 heterocycles. The predicted octanol–water partition coefficient (Wildman–Crippen LogP) is 3.30. The van der Waals surface area contributed by atoms with Crippen LogP contribution in [0.5, 0.6) is 0 Å². The van der Waals surface area contributed by atoms with Crippen molar-refractivity contribution >= 4 is 23.2 Å². The molecule has 0 fully saturated rings. The summed E-state index contributed by atoms with van der Waals surface area (Å²) < 4.78 is 0. The topological polar surface area (TPSA) is 60.2 Å². The molecule has 0 N–H and O–H groups in total. The summed E-state index contributed by atoms with van der Waals surface area (Å²) in [7, 11) is 0. The number of nitro benzene ring substituents is 1. The summed E-state index contributed by atoms with van der Waals surface area (Å²) in [6.07, 6.45) is 0. The van der Waals surface area contributed by atoms with Crippen LogP contribution in [0.2, 0.25) is 0 Å². The van der Waals surface area contributed by atoms with E-state index in [9.17, 15) is 14.9 Å². The zero-order chi connectivity index (χ0) is 13.1. The maximum absolute atomic E-state index is 11.7. The quantitative estimate of drug-likeness (QED) is 0.469. The zero-order valence-corrected chi connectivity index (χ0v) is 10.9. The highest BCUT2D eigenvalue weighted by molar-refractivity contribution is 8.00. The first-order valence-corrected chi connectivity index (χ1v) is 6.20. The summed E-state index contributed by atoms with van der Waals surface area (Å²) in [5, 5.41) is 10.8. The molecule has 0 aliphatic rings. The Morgan fingerprint density at radius 2 is 1.94 bits per heavy atom. The molecule has 0 aliphatic heterocycles. The van der Waals surface area contributed by atoms with Crippen molar-refractivity contribution in [3.63, 3.8) is 0 Å². The zero-order valence-electron chi connectivity index (χ0n) is 10.1. The minimum Gasteiger partial charge on any atom is -0.298 e. The molecule has 17 heavy (non-hydrogen) atoms. The Hall–Kier alpha value is -1.36. The van der Waals surface area contributed by atoms with Gasteiger partial charge in [-0.1, -0.05) is 32.9 Å². The van der Waals surface area contributed by atoms with Gasteiger partial charge in [-0.25, -0.2) is 0 Å². The molecule has 0 unspecified atom stereocenters. The molecule has 0 radical (unpaired) electrons. The van der Waals surface area contributed by atoms with E-state index >= 15 is 0 Å². The Bertz CT molecular complexity index is 438. The molecule has 0 aromatic heterocycles. The molecule has 0 saturated heterocycles. The molecule has 0 saturated carbocycles. The number of Topliss-reactive ketones (excluding diaryl/α,β-unsaturated/α-hetero) is 1. The first-order valence-electron chi connectivity index (χ1n) is 5.22. The number of nitrogens with zero attached hydrogens (tertiary/aromatic N) is 1. The van der Waals surface area contributed by atoms with Crippen molar-refractivity contribution in [2.45, 2.75) is 25.7 Å². The van der Waals surface area contributed by atoms with Crippen LogP contribution in [0.1, 0.15) is 20.8 Å². The lowest BCUT2D eigenvalue weighted by atomic mass is 9.92. The van der Waals surface area contributed by atoms with Crippen LogP contribution >= 0.6 is 11.8 Å². The molecule has 0 amide bonds. The number of carbonyl (C=O) groups is 1. The first-order chi connectivity index (χ1) is 7.82. The van der Waals surface area contributed by atoms with Crippen molar-refractivity contribution < 1.29 is 9.72 Å². The lowest BCUT2D eigenvalue weighted by molar-refractivity contribution is -0.387. The molecule has 1 rings (SSSR count). The summed E-state index contributed by atoms with van der Waals surface area (Å²) in [5.41, 5.74) is -0.351. The number of para-hydroxylation sites is 1. The largest absolute Gasteiger partial charge is 0.298 e. The molecule has 92 valence electrons. The van der Waals surface area contributed by atoms with Crippen LogP contribution in [0, 0.1) is 15.5 Å². The number of rotatable bonds is 4. The molecule has 1 aromatic rings. The molecule has 0 bridgehead atoms. The summed E-state index contributed by atoms with van der Waals surface area (Å²) in [6, 6.07) is 6.47. The van der Waals surface area contributed by atoms with Gasteiger partial charge >= 0.3 is 0 Å². The van der Waals surface area contributed by atoms with Crippen LogP contribution in [0.25, 0.3) is 0 Å². The molecular weight excluding hydrogens is 238 g/mol. The number of ketones is 1. The van der Waals surface area contributed by atoms with E-state index in [0.29, 0.717) is 4.90 Å². The molecule has 0 atom stereocenters. The number of thioether (sulfide) groups is 1. The van der Waals surface area contributed by atoms with Gasteiger partial charge in [0.05, 0.1) is 15.6 Å². The van der Waals surface area contributed by atoms with E-state index in [2.05, 4.69) is 0 Å². The fraction of sp³-hybridized carbons (Fsp3) is 0.417. The fourth-order valence-electron chi connectivity index (χ4n) is 1.09. The van der Waals surface area contributed by atoms with Crippen LogP contribution in [0.15, 0.2) is 29.2 Å². The van der Waals surface area contributed by atoms with Crippen LogP contribution in [0.4, 0.5) is 5.69 Å². The predicted molar refractivity (Wildman–Crippen MR) is 68.3 cm³/mol. The number of benzene rings is 1. The number of hydrogen-bond donors (Lipinski definition) is 0. The Morgan fingerprint density at radius 1 is 1.35 bits per heavy atom. The highest BCUT2D eigenvalue weighted by Gasteiger charge is 2.22. The average molecular weight is 253 g/mol. The Labute approximate surface area is 105 Å². The van der Waals surface area contributed by atoms with Gasteiger partial charge in [-0.05, 0) is 6.07 Å². The SMILES string of the molecule is CC(C)(C)C(=O)CSc1ccccc1[N+](=O)[O-]. The highest BCUT2D eigenvalue weighted by Crippen LogP contribution is 2.30. The van der Waals surface area contributed by atoms with Gasteiger partial charge in [0.1, 0.15) is 5.78 Å². The van der Waals surface area contributed by atoms with Gasteiger partial charge in [0.25, 0.3) is 5.69 Å². The second-order valence-electron chi connectivity index (χ2n) is 4.69. The van der Waals surface area contributed by atoms with Crippen molar-refractivity contribution in [2.24, 2.45) is 5.41 Å². The number of nitro groups is 1. The third-order valence-corrected chi connectivity index (χ3v) is 3.32. The van der Waals surface area contributed by atoms with Gasteiger partial charge in [-0.3, -0.25) is 14.9 Å². The van der Waals surface area contributed by atoms with E-state index in [1.54, 1.807) is 18.2 Å². The third kappa shape index (κ3) is 3.85. The van der Waals surface area contributed by atoms with Gasteiger partial charge in [-0.2, -0.15) is 0 Å². The smallest absolute Gasteiger partial charge is 0.282 e. The van der Waals surface area contributed by atoms with Crippen molar-refractivity contribution in [3.8, 4) is 0 Å². The van der Waals surface area contributed by atoms with Crippen molar-refractivity contribution in [2.75, 3.05) is 5.75 Å². The second kappa shape index (κ2) is 5.31. The maximum Gasteiger partial charge on any atom is 0.282 e. The van der Waals surface area contributed by atoms with Gasteiger partial charge < -0.3 is 0 Å². The number of hydrogen-bond acceptors (Lipinski definition) is 4. The van der Waals surface area contributed by atoms with Crippen LogP contribution in [-0.2, 0) is 4.79 Å². The highest BCUT2D eigenvalue weighted by atomic mass is 32.2. The van der Waals surface area contributed by atoms with Crippen molar-refractivity contribution in [1.29, 1.82) is 0 Å². The molecule has 4 nitrogen and oxygen atoms in total. The molecule has 0 spiro atoms. The summed E-state index contributed by atoms with van der Waals surface area (Å²) >= 11 is 1.22. The molecule has 0 aliphatic carbocycles. The van der Waals surface area contributed by atoms with Crippen LogP contribution in [0.3, 0.4) is 0 Å². The Kier molecular flexibility index (Phi) is 4.28. The van der Waals surface area contributed by atoms with Crippen LogP contribution in [-0.4, -0.2) is 16.5 Å². The van der Waals surface area contributed by atoms with Crippen molar-refractivity contribution in [1.82, 2.24) is 0 Å². The minimum atomic E-state index is -0.427. The van der Waals surface area contributed by atoms with Gasteiger partial charge in [0, 0.05) is 11.5 Å². The molecular formula is C12H15NO3S. The van der Waals surface area contributed by atoms with E-state index < -0.39 is 10.3 Å². The fourth-order valence-corrected chi connectivity index (χ4v) is 2.27. The first kappa shape index (κ1) is 13.7. The van der Waals surface area contributed by atoms with E-state index in [-0.39, 0.29) is 17.2 Å².